The van der Waals surface area contributed by atoms with Gasteiger partial charge in [-0.2, -0.15) is 4.98 Å². The van der Waals surface area contributed by atoms with E-state index < -0.39 is 16.0 Å². The predicted octanol–water partition coefficient (Wildman–Crippen LogP) is 4.37. The molecule has 0 saturated heterocycles. The van der Waals surface area contributed by atoms with E-state index in [1.54, 1.807) is 24.3 Å². The molecular weight excluding hydrogens is 430 g/mol. The van der Waals surface area contributed by atoms with Crippen molar-refractivity contribution in [1.29, 1.82) is 0 Å². The molecule has 0 radical (unpaired) electrons. The van der Waals surface area contributed by atoms with Crippen LogP contribution in [-0.2, 0) is 27.8 Å². The lowest BCUT2D eigenvalue weighted by Crippen LogP contribution is -2.32. The maximum Gasteiger partial charge on any atom is 0.338 e. The third-order valence-electron chi connectivity index (χ3n) is 4.73. The van der Waals surface area contributed by atoms with Crippen LogP contribution in [0.1, 0.15) is 55.2 Å². The first-order valence-corrected chi connectivity index (χ1v) is 12.1. The molecule has 0 aliphatic carbocycles. The molecule has 2 aromatic carbocycles. The highest BCUT2D eigenvalue weighted by molar-refractivity contribution is 7.92. The number of rotatable bonds is 11. The molecule has 0 unspecified atom stereocenters. The highest BCUT2D eigenvalue weighted by Gasteiger charge is 2.25. The minimum Gasteiger partial charge on any atom is -0.452 e. The molecule has 9 heteroatoms. The van der Waals surface area contributed by atoms with Gasteiger partial charge in [-0.05, 0) is 43.2 Å². The lowest BCUT2D eigenvalue weighted by Gasteiger charge is -2.24. The number of carbonyl (C=O) groups excluding carboxylic acids is 1. The van der Waals surface area contributed by atoms with Crippen LogP contribution in [0.4, 0.5) is 5.69 Å². The molecule has 3 rings (SSSR count). The average Bonchev–Trinajstić information content (AvgIpc) is 3.26. The Morgan fingerprint density at radius 1 is 1.06 bits per heavy atom. The minimum atomic E-state index is -3.87. The molecule has 0 saturated carbocycles. The van der Waals surface area contributed by atoms with Crippen LogP contribution in [0.15, 0.2) is 64.0 Å². The Labute approximate surface area is 188 Å². The van der Waals surface area contributed by atoms with Crippen LogP contribution in [0.2, 0.25) is 0 Å². The standard InChI is InChI=1S/C23H27N3O5S/c1-3-5-15-26(19-12-7-6-8-13-19)32(28,29)20-14-9-11-18(16-20)23(27)30-17-22-24-21(10-4-2)25-31-22/h6-9,11-14,16H,3-5,10,15,17H2,1-2H3. The summed E-state index contributed by atoms with van der Waals surface area (Å²) in [6.45, 7) is 4.16. The van der Waals surface area contributed by atoms with Crippen LogP contribution >= 0.6 is 0 Å². The average molecular weight is 458 g/mol. The van der Waals surface area contributed by atoms with Gasteiger partial charge in [0.25, 0.3) is 15.9 Å². The van der Waals surface area contributed by atoms with Gasteiger partial charge in [0.05, 0.1) is 16.1 Å². The van der Waals surface area contributed by atoms with Crippen molar-refractivity contribution in [2.24, 2.45) is 0 Å². The molecule has 0 N–H and O–H groups in total. The Bertz CT molecular complexity index is 1130. The highest BCUT2D eigenvalue weighted by Crippen LogP contribution is 2.25. The largest absolute Gasteiger partial charge is 0.452 e. The van der Waals surface area contributed by atoms with Gasteiger partial charge in [0.2, 0.25) is 0 Å². The summed E-state index contributed by atoms with van der Waals surface area (Å²) in [5.74, 6) is 0.0808. The number of ether oxygens (including phenoxy) is 1. The SMILES string of the molecule is CCCCN(c1ccccc1)S(=O)(=O)c1cccc(C(=O)OCc2nc(CCC)no2)c1. The monoisotopic (exact) mass is 457 g/mol. The van der Waals surface area contributed by atoms with Crippen LogP contribution < -0.4 is 4.31 Å². The Balaban J connectivity index is 1.78. The lowest BCUT2D eigenvalue weighted by atomic mass is 10.2. The molecular formula is C23H27N3O5S. The summed E-state index contributed by atoms with van der Waals surface area (Å²) in [6.07, 6.45) is 3.10. The number of para-hydroxylation sites is 1. The van der Waals surface area contributed by atoms with Gasteiger partial charge < -0.3 is 9.26 Å². The quantitative estimate of drug-likeness (QED) is 0.394. The summed E-state index contributed by atoms with van der Waals surface area (Å²) in [4.78, 5) is 16.7. The van der Waals surface area contributed by atoms with Crippen molar-refractivity contribution >= 4 is 21.7 Å². The van der Waals surface area contributed by atoms with Gasteiger partial charge in [-0.1, -0.05) is 49.7 Å². The number of esters is 1. The Hall–Kier alpha value is -3.20. The van der Waals surface area contributed by atoms with Gasteiger partial charge >= 0.3 is 5.97 Å². The second kappa shape index (κ2) is 10.9. The van der Waals surface area contributed by atoms with E-state index in [4.69, 9.17) is 9.26 Å². The maximum atomic E-state index is 13.4. The van der Waals surface area contributed by atoms with Gasteiger partial charge in [-0.25, -0.2) is 13.2 Å². The normalized spacial score (nSPS) is 11.3. The lowest BCUT2D eigenvalue weighted by molar-refractivity contribution is 0.0429. The number of hydrogen-bond acceptors (Lipinski definition) is 7. The minimum absolute atomic E-state index is 0.0231. The third kappa shape index (κ3) is 5.73. The summed E-state index contributed by atoms with van der Waals surface area (Å²) < 4.78 is 38.5. The van der Waals surface area contributed by atoms with Crippen LogP contribution in [-0.4, -0.2) is 31.1 Å². The van der Waals surface area contributed by atoms with Gasteiger partial charge in [-0.3, -0.25) is 4.31 Å². The fraction of sp³-hybridized carbons (Fsp3) is 0.348. The Kier molecular flexibility index (Phi) is 7.99. The van der Waals surface area contributed by atoms with Crippen molar-refractivity contribution in [2.75, 3.05) is 10.8 Å². The first-order chi connectivity index (χ1) is 15.5. The van der Waals surface area contributed by atoms with E-state index in [-0.39, 0.29) is 23.0 Å². The van der Waals surface area contributed by atoms with Crippen molar-refractivity contribution in [3.05, 3.63) is 71.9 Å². The topological polar surface area (TPSA) is 103 Å². The number of aryl methyl sites for hydroxylation is 1. The van der Waals surface area contributed by atoms with E-state index in [0.29, 0.717) is 30.9 Å². The summed E-state index contributed by atoms with van der Waals surface area (Å²) in [5, 5.41) is 3.81. The van der Waals surface area contributed by atoms with Crippen LogP contribution in [0.25, 0.3) is 0 Å². The molecule has 0 fully saturated rings. The summed E-state index contributed by atoms with van der Waals surface area (Å²) in [6, 6.07) is 14.8. The first kappa shape index (κ1) is 23.5. The molecule has 0 aliphatic heterocycles. The fourth-order valence-corrected chi connectivity index (χ4v) is 4.63. The molecule has 0 amide bonds. The summed E-state index contributed by atoms with van der Waals surface area (Å²) >= 11 is 0. The number of sulfonamides is 1. The number of benzene rings is 2. The van der Waals surface area contributed by atoms with Crippen molar-refractivity contribution in [3.63, 3.8) is 0 Å². The molecule has 3 aromatic rings. The van der Waals surface area contributed by atoms with Gasteiger partial charge in [0, 0.05) is 13.0 Å². The molecule has 8 nitrogen and oxygen atoms in total. The molecule has 170 valence electrons. The van der Waals surface area contributed by atoms with Crippen LogP contribution in [0.5, 0.6) is 0 Å². The number of anilines is 1. The zero-order valence-electron chi connectivity index (χ0n) is 18.2. The molecule has 1 aromatic heterocycles. The van der Waals surface area contributed by atoms with Gasteiger partial charge in [0.1, 0.15) is 0 Å². The molecule has 1 heterocycles. The number of unbranched alkanes of at least 4 members (excludes halogenated alkanes) is 1. The van der Waals surface area contributed by atoms with Crippen molar-refractivity contribution in [1.82, 2.24) is 10.1 Å². The van der Waals surface area contributed by atoms with Crippen LogP contribution in [0.3, 0.4) is 0 Å². The zero-order chi connectivity index (χ0) is 23.0. The summed E-state index contributed by atoms with van der Waals surface area (Å²) in [5.41, 5.74) is 0.705. The number of hydrogen-bond donors (Lipinski definition) is 0. The van der Waals surface area contributed by atoms with E-state index in [9.17, 15) is 13.2 Å². The molecule has 0 bridgehead atoms. The smallest absolute Gasteiger partial charge is 0.338 e. The van der Waals surface area contributed by atoms with Crippen molar-refractivity contribution in [2.45, 2.75) is 51.0 Å². The first-order valence-electron chi connectivity index (χ1n) is 10.6. The summed E-state index contributed by atoms with van der Waals surface area (Å²) in [7, 11) is -3.87. The predicted molar refractivity (Wildman–Crippen MR) is 120 cm³/mol. The van der Waals surface area contributed by atoms with E-state index in [2.05, 4.69) is 10.1 Å². The van der Waals surface area contributed by atoms with Gasteiger partial charge in [-0.15, -0.1) is 0 Å². The van der Waals surface area contributed by atoms with E-state index in [0.717, 1.165) is 12.8 Å². The number of carbonyl (C=O) groups is 1. The van der Waals surface area contributed by atoms with Gasteiger partial charge in [0.15, 0.2) is 12.4 Å². The molecule has 0 atom stereocenters. The Morgan fingerprint density at radius 2 is 1.84 bits per heavy atom. The second-order valence-corrected chi connectivity index (χ2v) is 9.09. The third-order valence-corrected chi connectivity index (χ3v) is 6.55. The molecule has 0 spiro atoms. The van der Waals surface area contributed by atoms with Crippen molar-refractivity contribution in [3.8, 4) is 0 Å². The number of nitrogens with zero attached hydrogens (tertiary/aromatic N) is 3. The maximum absolute atomic E-state index is 13.4. The fourth-order valence-electron chi connectivity index (χ4n) is 3.08. The molecule has 32 heavy (non-hydrogen) atoms. The van der Waals surface area contributed by atoms with Crippen molar-refractivity contribution < 1.29 is 22.5 Å². The van der Waals surface area contributed by atoms with E-state index in [1.807, 2.05) is 19.9 Å². The molecule has 0 aliphatic rings. The van der Waals surface area contributed by atoms with Crippen LogP contribution in [0, 0.1) is 0 Å². The Morgan fingerprint density at radius 3 is 2.56 bits per heavy atom. The number of aromatic nitrogens is 2. The van der Waals surface area contributed by atoms with E-state index >= 15 is 0 Å². The highest BCUT2D eigenvalue weighted by atomic mass is 32.2. The second-order valence-electron chi connectivity index (χ2n) is 7.22. The zero-order valence-corrected chi connectivity index (χ0v) is 19.0. The van der Waals surface area contributed by atoms with E-state index in [1.165, 1.54) is 28.6 Å².